The second-order valence-corrected chi connectivity index (χ2v) is 6.02. The molecule has 1 saturated heterocycles. The van der Waals surface area contributed by atoms with E-state index in [1.54, 1.807) is 44.4 Å². The quantitative estimate of drug-likeness (QED) is 0.631. The van der Waals surface area contributed by atoms with Crippen LogP contribution in [0.2, 0.25) is 0 Å². The molecule has 0 spiro atoms. The fraction of sp³-hybridized carbons (Fsp3) is 0.333. The predicted octanol–water partition coefficient (Wildman–Crippen LogP) is 1.66. The summed E-state index contributed by atoms with van der Waals surface area (Å²) in [5.41, 5.74) is 4.78. The fourth-order valence-corrected chi connectivity index (χ4v) is 2.70. The molecule has 25 heavy (non-hydrogen) atoms. The minimum absolute atomic E-state index is 0.283. The third-order valence-electron chi connectivity index (χ3n) is 4.26. The van der Waals surface area contributed by atoms with Crippen LogP contribution in [0.4, 0.5) is 0 Å². The Morgan fingerprint density at radius 3 is 2.44 bits per heavy atom. The minimum Gasteiger partial charge on any atom is -0.497 e. The van der Waals surface area contributed by atoms with Crippen LogP contribution in [0.15, 0.2) is 30.3 Å². The molecular formula is C18H19NO6. The summed E-state index contributed by atoms with van der Waals surface area (Å²) in [7, 11) is 3.08. The molecule has 132 valence electrons. The molecule has 1 fully saturated rings. The zero-order chi connectivity index (χ0) is 18.2. The number of fused-ring (bicyclic) bond motifs is 1. The Morgan fingerprint density at radius 1 is 1.16 bits per heavy atom. The highest BCUT2D eigenvalue weighted by molar-refractivity contribution is 6.07. The first-order valence-corrected chi connectivity index (χ1v) is 7.68. The molecule has 0 aromatic heterocycles. The summed E-state index contributed by atoms with van der Waals surface area (Å²) >= 11 is 0. The third-order valence-corrected chi connectivity index (χ3v) is 4.26. The fourth-order valence-electron chi connectivity index (χ4n) is 2.70. The molecule has 2 aromatic carbocycles. The van der Waals surface area contributed by atoms with Gasteiger partial charge in [0.1, 0.15) is 17.1 Å². The molecule has 7 heteroatoms. The smallest absolute Gasteiger partial charge is 0.339 e. The lowest BCUT2D eigenvalue weighted by molar-refractivity contribution is -0.129. The van der Waals surface area contributed by atoms with E-state index in [0.29, 0.717) is 23.5 Å². The Hall–Kier alpha value is -2.80. The van der Waals surface area contributed by atoms with E-state index in [4.69, 9.17) is 24.7 Å². The monoisotopic (exact) mass is 345 g/mol. The van der Waals surface area contributed by atoms with Crippen LogP contribution >= 0.6 is 0 Å². The predicted molar refractivity (Wildman–Crippen MR) is 89.8 cm³/mol. The van der Waals surface area contributed by atoms with E-state index in [1.165, 1.54) is 7.11 Å². The number of carbonyl (C=O) groups is 2. The number of methoxy groups -OCH3 is 2. The molecule has 1 aliphatic rings. The molecule has 0 aliphatic carbocycles. The van der Waals surface area contributed by atoms with Crippen LogP contribution in [0, 0.1) is 0 Å². The van der Waals surface area contributed by atoms with Crippen molar-refractivity contribution in [2.75, 3.05) is 20.8 Å². The van der Waals surface area contributed by atoms with Gasteiger partial charge in [0.25, 0.3) is 5.91 Å². The maximum Gasteiger partial charge on any atom is 0.339 e. The standard InChI is InChI=1S/C18H19NO6/c1-18(9-24-18)15(16(19)20)25-17(21)12-6-7-14(23-3)11-5-4-10(22-2)8-13(11)12/h4-8,15H,9H2,1-3H3,(H2,19,20)/t15-,18?/m1/s1. The van der Waals surface area contributed by atoms with Crippen molar-refractivity contribution < 1.29 is 28.5 Å². The van der Waals surface area contributed by atoms with E-state index < -0.39 is 23.6 Å². The largest absolute Gasteiger partial charge is 0.497 e. The molecule has 2 N–H and O–H groups in total. The molecule has 0 radical (unpaired) electrons. The van der Waals surface area contributed by atoms with Crippen LogP contribution in [0.5, 0.6) is 11.5 Å². The van der Waals surface area contributed by atoms with Gasteiger partial charge in [0.05, 0.1) is 26.4 Å². The zero-order valence-corrected chi connectivity index (χ0v) is 14.2. The summed E-state index contributed by atoms with van der Waals surface area (Å²) in [6.07, 6.45) is -1.15. The third kappa shape index (κ3) is 3.10. The number of hydrogen-bond acceptors (Lipinski definition) is 6. The van der Waals surface area contributed by atoms with Gasteiger partial charge in [-0.05, 0) is 37.3 Å². The second kappa shape index (κ2) is 6.25. The number of amides is 1. The number of esters is 1. The summed E-state index contributed by atoms with van der Waals surface area (Å²) in [6, 6.07) is 8.52. The molecular weight excluding hydrogens is 326 g/mol. The number of hydrogen-bond donors (Lipinski definition) is 1. The molecule has 2 aromatic rings. The molecule has 1 heterocycles. The van der Waals surface area contributed by atoms with Crippen molar-refractivity contribution >= 4 is 22.6 Å². The first-order valence-electron chi connectivity index (χ1n) is 7.68. The molecule has 0 saturated carbocycles. The highest BCUT2D eigenvalue weighted by Crippen LogP contribution is 2.35. The average molecular weight is 345 g/mol. The van der Waals surface area contributed by atoms with Crippen LogP contribution < -0.4 is 15.2 Å². The van der Waals surface area contributed by atoms with Gasteiger partial charge in [0.2, 0.25) is 6.10 Å². The number of epoxide rings is 1. The van der Waals surface area contributed by atoms with Crippen LogP contribution in [0.3, 0.4) is 0 Å². The summed E-state index contributed by atoms with van der Waals surface area (Å²) in [6.45, 7) is 1.98. The number of rotatable bonds is 6. The van der Waals surface area contributed by atoms with Crippen molar-refractivity contribution in [3.05, 3.63) is 35.9 Å². The van der Waals surface area contributed by atoms with Crippen molar-refractivity contribution in [3.8, 4) is 11.5 Å². The topological polar surface area (TPSA) is 100 Å². The Kier molecular flexibility index (Phi) is 4.26. The summed E-state index contributed by atoms with van der Waals surface area (Å²) in [5, 5.41) is 1.32. The van der Waals surface area contributed by atoms with E-state index in [2.05, 4.69) is 0 Å². The van der Waals surface area contributed by atoms with Gasteiger partial charge in [-0.2, -0.15) is 0 Å². The van der Waals surface area contributed by atoms with Gasteiger partial charge in [-0.25, -0.2) is 4.79 Å². The zero-order valence-electron chi connectivity index (χ0n) is 14.2. The molecule has 1 aliphatic heterocycles. The lowest BCUT2D eigenvalue weighted by atomic mass is 10.0. The number of primary amides is 1. The maximum atomic E-state index is 12.7. The van der Waals surface area contributed by atoms with Gasteiger partial charge in [-0.15, -0.1) is 0 Å². The Labute approximate surface area is 144 Å². The average Bonchev–Trinajstić information content (AvgIpc) is 3.35. The first kappa shape index (κ1) is 17.0. The molecule has 1 unspecified atom stereocenters. The van der Waals surface area contributed by atoms with Gasteiger partial charge in [-0.3, -0.25) is 4.79 Å². The highest BCUT2D eigenvalue weighted by atomic mass is 16.6. The van der Waals surface area contributed by atoms with Crippen molar-refractivity contribution in [1.29, 1.82) is 0 Å². The number of benzene rings is 2. The molecule has 7 nitrogen and oxygen atoms in total. The normalized spacial score (nSPS) is 20.0. The van der Waals surface area contributed by atoms with Crippen molar-refractivity contribution in [1.82, 2.24) is 0 Å². The van der Waals surface area contributed by atoms with Crippen molar-refractivity contribution in [3.63, 3.8) is 0 Å². The van der Waals surface area contributed by atoms with Gasteiger partial charge in [0.15, 0.2) is 0 Å². The number of ether oxygens (including phenoxy) is 4. The Balaban J connectivity index is 2.02. The van der Waals surface area contributed by atoms with Crippen LogP contribution in [-0.4, -0.2) is 44.4 Å². The lowest BCUT2D eigenvalue weighted by Gasteiger charge is -2.19. The second-order valence-electron chi connectivity index (χ2n) is 6.02. The van der Waals surface area contributed by atoms with Gasteiger partial charge >= 0.3 is 5.97 Å². The first-order chi connectivity index (χ1) is 11.9. The summed E-state index contributed by atoms with van der Waals surface area (Å²) < 4.78 is 21.1. The lowest BCUT2D eigenvalue weighted by Crippen LogP contribution is -2.43. The number of nitrogens with two attached hydrogens (primary N) is 1. The molecule has 2 atom stereocenters. The van der Waals surface area contributed by atoms with Crippen LogP contribution in [0.1, 0.15) is 17.3 Å². The molecule has 0 bridgehead atoms. The van der Waals surface area contributed by atoms with E-state index in [1.807, 2.05) is 0 Å². The Bertz CT molecular complexity index is 843. The van der Waals surface area contributed by atoms with E-state index in [9.17, 15) is 9.59 Å². The highest BCUT2D eigenvalue weighted by Gasteiger charge is 2.52. The summed E-state index contributed by atoms with van der Waals surface area (Å²) in [4.78, 5) is 24.3. The van der Waals surface area contributed by atoms with Gasteiger partial charge in [-0.1, -0.05) is 0 Å². The van der Waals surface area contributed by atoms with Gasteiger partial charge in [0, 0.05) is 10.8 Å². The van der Waals surface area contributed by atoms with E-state index in [0.717, 1.165) is 5.39 Å². The van der Waals surface area contributed by atoms with Gasteiger partial charge < -0.3 is 24.7 Å². The van der Waals surface area contributed by atoms with Crippen LogP contribution in [0.25, 0.3) is 10.8 Å². The summed E-state index contributed by atoms with van der Waals surface area (Å²) in [5.74, 6) is -0.220. The maximum absolute atomic E-state index is 12.7. The SMILES string of the molecule is COc1ccc2c(OC)ccc(C(=O)O[C@H](C(N)=O)C3(C)CO3)c2c1. The van der Waals surface area contributed by atoms with Crippen LogP contribution in [-0.2, 0) is 14.3 Å². The van der Waals surface area contributed by atoms with Crippen molar-refractivity contribution in [2.45, 2.75) is 18.6 Å². The Morgan fingerprint density at radius 2 is 1.88 bits per heavy atom. The molecule has 1 amide bonds. The van der Waals surface area contributed by atoms with Crippen molar-refractivity contribution in [2.24, 2.45) is 5.73 Å². The van der Waals surface area contributed by atoms with E-state index in [-0.39, 0.29) is 5.56 Å². The van der Waals surface area contributed by atoms with E-state index >= 15 is 0 Å². The minimum atomic E-state index is -1.15. The number of carbonyl (C=O) groups excluding carboxylic acids is 2. The molecule has 3 rings (SSSR count).